The molecule has 2 aliphatic rings. The minimum Gasteiger partial charge on any atom is -0.316 e. The van der Waals surface area contributed by atoms with Gasteiger partial charge in [-0.3, -0.25) is 0 Å². The van der Waals surface area contributed by atoms with Crippen LogP contribution >= 0.6 is 0 Å². The number of hydrogen-bond acceptors (Lipinski definition) is 2. The Balaban J connectivity index is 1.84. The number of likely N-dealkylation sites (tertiary alicyclic amines) is 1. The van der Waals surface area contributed by atoms with Crippen molar-refractivity contribution in [1.82, 2.24) is 10.2 Å². The predicted octanol–water partition coefficient (Wildman–Crippen LogP) is 3.91. The second-order valence-corrected chi connectivity index (χ2v) is 8.02. The summed E-state index contributed by atoms with van der Waals surface area (Å²) < 4.78 is 0. The molecule has 1 N–H and O–H groups in total. The van der Waals surface area contributed by atoms with Gasteiger partial charge >= 0.3 is 0 Å². The lowest BCUT2D eigenvalue weighted by atomic mass is 9.72. The van der Waals surface area contributed by atoms with Crippen LogP contribution in [0.15, 0.2) is 0 Å². The highest BCUT2D eigenvalue weighted by atomic mass is 15.1. The maximum Gasteiger partial charge on any atom is 0.00358 e. The first-order valence-corrected chi connectivity index (χ1v) is 8.94. The van der Waals surface area contributed by atoms with Crippen LogP contribution in [0, 0.1) is 16.7 Å². The van der Waals surface area contributed by atoms with E-state index >= 15 is 0 Å². The zero-order chi connectivity index (χ0) is 14.6. The first-order valence-electron chi connectivity index (χ1n) is 8.94. The van der Waals surface area contributed by atoms with Gasteiger partial charge in [0.1, 0.15) is 0 Å². The van der Waals surface area contributed by atoms with Crippen LogP contribution in [0.2, 0.25) is 0 Å². The molecule has 1 unspecified atom stereocenters. The zero-order valence-corrected chi connectivity index (χ0v) is 14.3. The summed E-state index contributed by atoms with van der Waals surface area (Å²) >= 11 is 0. The van der Waals surface area contributed by atoms with E-state index in [4.69, 9.17) is 0 Å². The number of hydrogen-bond donors (Lipinski definition) is 1. The van der Waals surface area contributed by atoms with Crippen molar-refractivity contribution < 1.29 is 0 Å². The summed E-state index contributed by atoms with van der Waals surface area (Å²) in [5.41, 5.74) is 1.12. The van der Waals surface area contributed by atoms with Crippen molar-refractivity contribution in [3.63, 3.8) is 0 Å². The van der Waals surface area contributed by atoms with Crippen molar-refractivity contribution in [2.24, 2.45) is 16.7 Å². The molecule has 0 aromatic heterocycles. The average molecular weight is 281 g/mol. The molecule has 2 aliphatic heterocycles. The molecule has 20 heavy (non-hydrogen) atoms. The molecule has 2 fully saturated rings. The van der Waals surface area contributed by atoms with Gasteiger partial charge in [-0.15, -0.1) is 0 Å². The van der Waals surface area contributed by atoms with Gasteiger partial charge in [0.05, 0.1) is 0 Å². The van der Waals surface area contributed by atoms with Gasteiger partial charge in [-0.25, -0.2) is 0 Å². The van der Waals surface area contributed by atoms with Crippen molar-refractivity contribution in [2.45, 2.75) is 66.2 Å². The van der Waals surface area contributed by atoms with E-state index in [0.29, 0.717) is 10.8 Å². The van der Waals surface area contributed by atoms with Gasteiger partial charge in [0.2, 0.25) is 0 Å². The Labute approximate surface area is 126 Å². The quantitative estimate of drug-likeness (QED) is 0.821. The molecule has 0 aromatic rings. The molecule has 0 saturated carbocycles. The molecular weight excluding hydrogens is 244 g/mol. The van der Waals surface area contributed by atoms with Gasteiger partial charge in [-0.1, -0.05) is 40.5 Å². The fourth-order valence-electron chi connectivity index (χ4n) is 4.37. The molecule has 2 heterocycles. The largest absolute Gasteiger partial charge is 0.316 e. The van der Waals surface area contributed by atoms with Crippen LogP contribution in [0.4, 0.5) is 0 Å². The van der Waals surface area contributed by atoms with E-state index in [2.05, 4.69) is 37.9 Å². The molecule has 0 aromatic carbocycles. The van der Waals surface area contributed by atoms with Crippen molar-refractivity contribution >= 4 is 0 Å². The van der Waals surface area contributed by atoms with Crippen molar-refractivity contribution in [3.8, 4) is 0 Å². The topological polar surface area (TPSA) is 15.3 Å². The molecule has 0 radical (unpaired) electrons. The van der Waals surface area contributed by atoms with Gasteiger partial charge < -0.3 is 10.2 Å². The Kier molecular flexibility index (Phi) is 5.53. The first-order chi connectivity index (χ1) is 9.51. The highest BCUT2D eigenvalue weighted by molar-refractivity contribution is 4.89. The molecular formula is C18H36N2. The normalized spacial score (nSPS) is 28.5. The molecule has 0 bridgehead atoms. The van der Waals surface area contributed by atoms with Crippen LogP contribution < -0.4 is 5.32 Å². The SMILES string of the molecule is CCC1(CC)CCN(CC(C)(C)C2CCCNC2)CC1. The van der Waals surface area contributed by atoms with E-state index < -0.39 is 0 Å². The zero-order valence-electron chi connectivity index (χ0n) is 14.3. The molecule has 1 atom stereocenters. The lowest BCUT2D eigenvalue weighted by Gasteiger charge is -2.46. The Morgan fingerprint density at radius 3 is 2.30 bits per heavy atom. The van der Waals surface area contributed by atoms with Gasteiger partial charge in [0, 0.05) is 6.54 Å². The lowest BCUT2D eigenvalue weighted by molar-refractivity contribution is 0.0441. The highest BCUT2D eigenvalue weighted by Crippen LogP contribution is 2.40. The van der Waals surface area contributed by atoms with Crippen molar-refractivity contribution in [1.29, 1.82) is 0 Å². The van der Waals surface area contributed by atoms with E-state index in [1.807, 2.05) is 0 Å². The summed E-state index contributed by atoms with van der Waals surface area (Å²) in [5, 5.41) is 3.59. The standard InChI is InChI=1S/C18H36N2/c1-5-18(6-2)9-12-20(13-10-18)15-17(3,4)16-8-7-11-19-14-16/h16,19H,5-15H2,1-4H3. The molecule has 2 heteroatoms. The van der Waals surface area contributed by atoms with E-state index in [0.717, 1.165) is 5.92 Å². The number of piperidine rings is 2. The van der Waals surface area contributed by atoms with E-state index in [1.54, 1.807) is 0 Å². The van der Waals surface area contributed by atoms with E-state index in [9.17, 15) is 0 Å². The average Bonchev–Trinajstić information content (AvgIpc) is 2.49. The summed E-state index contributed by atoms with van der Waals surface area (Å²) in [6.45, 7) is 16.2. The Morgan fingerprint density at radius 1 is 1.15 bits per heavy atom. The van der Waals surface area contributed by atoms with Crippen LogP contribution in [-0.2, 0) is 0 Å². The maximum atomic E-state index is 3.59. The third-order valence-electron chi connectivity index (χ3n) is 6.45. The van der Waals surface area contributed by atoms with E-state index in [-0.39, 0.29) is 0 Å². The lowest BCUT2D eigenvalue weighted by Crippen LogP contribution is -2.48. The molecule has 2 nitrogen and oxygen atoms in total. The highest BCUT2D eigenvalue weighted by Gasteiger charge is 2.36. The number of rotatable bonds is 5. The molecule has 0 amide bonds. The van der Waals surface area contributed by atoms with Gasteiger partial charge in [-0.05, 0) is 68.6 Å². The Hall–Kier alpha value is -0.0800. The molecule has 118 valence electrons. The second-order valence-electron chi connectivity index (χ2n) is 8.02. The monoisotopic (exact) mass is 280 g/mol. The summed E-state index contributed by atoms with van der Waals surface area (Å²) in [6.07, 6.45) is 8.35. The fourth-order valence-corrected chi connectivity index (χ4v) is 4.37. The van der Waals surface area contributed by atoms with Crippen LogP contribution in [-0.4, -0.2) is 37.6 Å². The molecule has 2 saturated heterocycles. The van der Waals surface area contributed by atoms with E-state index in [1.165, 1.54) is 71.2 Å². The Morgan fingerprint density at radius 2 is 1.80 bits per heavy atom. The third-order valence-corrected chi connectivity index (χ3v) is 6.45. The molecule has 0 aliphatic carbocycles. The van der Waals surface area contributed by atoms with Crippen LogP contribution in [0.5, 0.6) is 0 Å². The molecule has 0 spiro atoms. The minimum atomic E-state index is 0.464. The number of nitrogens with zero attached hydrogens (tertiary/aromatic N) is 1. The van der Waals surface area contributed by atoms with Crippen molar-refractivity contribution in [2.75, 3.05) is 32.7 Å². The summed E-state index contributed by atoms with van der Waals surface area (Å²) in [4.78, 5) is 2.75. The maximum absolute atomic E-state index is 3.59. The smallest absolute Gasteiger partial charge is 0.00358 e. The second kappa shape index (κ2) is 6.79. The van der Waals surface area contributed by atoms with Gasteiger partial charge in [0.25, 0.3) is 0 Å². The predicted molar refractivity (Wildman–Crippen MR) is 88.1 cm³/mol. The summed E-state index contributed by atoms with van der Waals surface area (Å²) in [7, 11) is 0. The fraction of sp³-hybridized carbons (Fsp3) is 1.00. The van der Waals surface area contributed by atoms with Crippen LogP contribution in [0.25, 0.3) is 0 Å². The number of nitrogens with one attached hydrogen (secondary N) is 1. The van der Waals surface area contributed by atoms with Gasteiger partial charge in [-0.2, -0.15) is 0 Å². The molecule has 2 rings (SSSR count). The minimum absolute atomic E-state index is 0.464. The summed E-state index contributed by atoms with van der Waals surface area (Å²) in [6, 6.07) is 0. The summed E-state index contributed by atoms with van der Waals surface area (Å²) in [5.74, 6) is 0.861. The van der Waals surface area contributed by atoms with Crippen molar-refractivity contribution in [3.05, 3.63) is 0 Å². The van der Waals surface area contributed by atoms with Gasteiger partial charge in [0.15, 0.2) is 0 Å². The first kappa shape index (κ1) is 16.3. The Bertz CT molecular complexity index is 278. The van der Waals surface area contributed by atoms with Crippen LogP contribution in [0.3, 0.4) is 0 Å². The third kappa shape index (κ3) is 3.76. The van der Waals surface area contributed by atoms with Crippen LogP contribution in [0.1, 0.15) is 66.2 Å².